The van der Waals surface area contributed by atoms with Crippen LogP contribution in [-0.2, 0) is 20.8 Å². The van der Waals surface area contributed by atoms with Gasteiger partial charge < -0.3 is 30.8 Å². The lowest BCUT2D eigenvalue weighted by Crippen LogP contribution is -2.60. The first kappa shape index (κ1) is 30.1. The maximum atomic E-state index is 13.8. The van der Waals surface area contributed by atoms with Gasteiger partial charge in [0, 0.05) is 24.1 Å². The third-order valence-corrected chi connectivity index (χ3v) is 8.38. The summed E-state index contributed by atoms with van der Waals surface area (Å²) in [4.78, 5) is 54.3. The van der Waals surface area contributed by atoms with Crippen molar-refractivity contribution in [3.8, 4) is 0 Å². The van der Waals surface area contributed by atoms with Crippen molar-refractivity contribution in [2.24, 2.45) is 5.73 Å². The second-order valence-corrected chi connectivity index (χ2v) is 11.6. The molecule has 0 radical (unpaired) electrons. The first-order chi connectivity index (χ1) is 20.8. The number of aliphatic hydroxyl groups excluding tert-OH is 1. The molecule has 0 saturated carbocycles. The van der Waals surface area contributed by atoms with Crippen molar-refractivity contribution < 1.29 is 28.7 Å². The van der Waals surface area contributed by atoms with Crippen LogP contribution >= 0.6 is 11.8 Å². The smallest absolute Gasteiger partial charge is 0.287 e. The number of thioether (sulfide) groups is 1. The van der Waals surface area contributed by atoms with E-state index in [1.54, 1.807) is 18.2 Å². The number of primary amides is 1. The number of hydrogen-bond donors (Lipinski definition) is 4. The summed E-state index contributed by atoms with van der Waals surface area (Å²) in [7, 11) is 0. The summed E-state index contributed by atoms with van der Waals surface area (Å²) in [5.74, 6) is -2.27. The minimum absolute atomic E-state index is 0.0546. The molecule has 224 valence electrons. The van der Waals surface area contributed by atoms with Crippen molar-refractivity contribution in [1.29, 1.82) is 0 Å². The van der Waals surface area contributed by atoms with Crippen molar-refractivity contribution in [3.63, 3.8) is 0 Å². The Morgan fingerprint density at radius 1 is 0.930 bits per heavy atom. The quantitative estimate of drug-likeness (QED) is 0.192. The fourth-order valence-electron chi connectivity index (χ4n) is 5.43. The van der Waals surface area contributed by atoms with Gasteiger partial charge in [0.2, 0.25) is 17.7 Å². The first-order valence-corrected chi connectivity index (χ1v) is 15.4. The normalized spacial score (nSPS) is 16.5. The Labute approximate surface area is 253 Å². The molecule has 0 bridgehead atoms. The van der Waals surface area contributed by atoms with Crippen LogP contribution in [0.2, 0.25) is 0 Å². The van der Waals surface area contributed by atoms with E-state index in [9.17, 15) is 24.3 Å². The highest BCUT2D eigenvalue weighted by Gasteiger charge is 2.37. The number of rotatable bonds is 11. The van der Waals surface area contributed by atoms with Crippen LogP contribution in [0.15, 0.2) is 77.2 Å². The summed E-state index contributed by atoms with van der Waals surface area (Å²) in [6.45, 7) is 0.309. The Morgan fingerprint density at radius 2 is 1.67 bits per heavy atom. The number of hydrogen-bond acceptors (Lipinski definition) is 7. The average Bonchev–Trinajstić information content (AvgIpc) is 3.47. The Morgan fingerprint density at radius 3 is 2.42 bits per heavy atom. The van der Waals surface area contributed by atoms with Gasteiger partial charge in [0.15, 0.2) is 5.76 Å². The number of likely N-dealkylation sites (tertiary alicyclic amines) is 1. The molecule has 1 saturated heterocycles. The number of furan rings is 1. The minimum atomic E-state index is -1.02. The maximum Gasteiger partial charge on any atom is 0.287 e. The number of amides is 4. The number of aliphatic hydroxyl groups is 1. The number of carbonyl (C=O) groups excluding carboxylic acids is 4. The van der Waals surface area contributed by atoms with Gasteiger partial charge in [0.25, 0.3) is 5.91 Å². The predicted octanol–water partition coefficient (Wildman–Crippen LogP) is 2.96. The van der Waals surface area contributed by atoms with Crippen molar-refractivity contribution in [2.75, 3.05) is 18.2 Å². The Balaban J connectivity index is 1.30. The lowest BCUT2D eigenvalue weighted by Gasteiger charge is -2.37. The number of benzene rings is 3. The molecule has 1 fully saturated rings. The van der Waals surface area contributed by atoms with E-state index < -0.39 is 41.8 Å². The number of nitrogens with one attached hydrogen (secondary N) is 2. The predicted molar refractivity (Wildman–Crippen MR) is 165 cm³/mol. The molecule has 1 aromatic heterocycles. The summed E-state index contributed by atoms with van der Waals surface area (Å²) in [6, 6.07) is 19.6. The van der Waals surface area contributed by atoms with Crippen LogP contribution in [0, 0.1) is 0 Å². The number of para-hydroxylation sites is 1. The summed E-state index contributed by atoms with van der Waals surface area (Å²) in [6.07, 6.45) is 2.00. The van der Waals surface area contributed by atoms with E-state index >= 15 is 0 Å². The van der Waals surface area contributed by atoms with Crippen molar-refractivity contribution in [2.45, 2.75) is 43.8 Å². The number of carbonyl (C=O) groups is 4. The molecule has 2 heterocycles. The molecule has 3 atom stereocenters. The summed E-state index contributed by atoms with van der Waals surface area (Å²) in [5.41, 5.74) is 7.08. The van der Waals surface area contributed by atoms with E-state index in [2.05, 4.69) is 10.6 Å². The van der Waals surface area contributed by atoms with E-state index in [4.69, 9.17) is 10.2 Å². The highest BCUT2D eigenvalue weighted by atomic mass is 32.2. The van der Waals surface area contributed by atoms with Gasteiger partial charge in [-0.05, 0) is 47.7 Å². The van der Waals surface area contributed by atoms with Crippen LogP contribution in [0.3, 0.4) is 0 Å². The number of nitrogens with two attached hydrogens (primary N) is 1. The van der Waals surface area contributed by atoms with Crippen LogP contribution in [0.4, 0.5) is 0 Å². The molecular weight excluding hydrogens is 568 g/mol. The Bertz CT molecular complexity index is 1610. The van der Waals surface area contributed by atoms with E-state index in [0.717, 1.165) is 39.9 Å². The van der Waals surface area contributed by atoms with Crippen LogP contribution in [0.1, 0.15) is 35.4 Å². The zero-order valence-electron chi connectivity index (χ0n) is 23.5. The van der Waals surface area contributed by atoms with Gasteiger partial charge in [-0.25, -0.2) is 0 Å². The molecule has 0 spiro atoms. The third-order valence-electron chi connectivity index (χ3n) is 7.63. The maximum absolute atomic E-state index is 13.8. The van der Waals surface area contributed by atoms with Crippen molar-refractivity contribution >= 4 is 57.1 Å². The molecule has 5 N–H and O–H groups in total. The molecule has 4 amide bonds. The summed E-state index contributed by atoms with van der Waals surface area (Å²) >= 11 is 1.08. The second-order valence-electron chi connectivity index (χ2n) is 10.6. The molecule has 0 aliphatic carbocycles. The van der Waals surface area contributed by atoms with Crippen molar-refractivity contribution in [1.82, 2.24) is 15.5 Å². The molecule has 3 aromatic carbocycles. The monoisotopic (exact) mass is 602 g/mol. The molecule has 10 nitrogen and oxygen atoms in total. The topological polar surface area (TPSA) is 155 Å². The van der Waals surface area contributed by atoms with Gasteiger partial charge in [-0.3, -0.25) is 19.2 Å². The largest absolute Gasteiger partial charge is 0.451 e. The highest BCUT2D eigenvalue weighted by Crippen LogP contribution is 2.22. The van der Waals surface area contributed by atoms with Gasteiger partial charge >= 0.3 is 0 Å². The SMILES string of the molecule is NC(=O)[C@H](Cc1ccc2ccccc2c1)NC(=O)[C@@H]1CCCCN1C(=O)[C@H](CSCO)NC(=O)c1cc2ccccc2o1. The van der Waals surface area contributed by atoms with E-state index in [1.807, 2.05) is 54.6 Å². The van der Waals surface area contributed by atoms with Gasteiger partial charge in [-0.15, -0.1) is 11.8 Å². The lowest BCUT2D eigenvalue weighted by atomic mass is 9.98. The van der Waals surface area contributed by atoms with Crippen LogP contribution < -0.4 is 16.4 Å². The zero-order valence-corrected chi connectivity index (χ0v) is 24.3. The summed E-state index contributed by atoms with van der Waals surface area (Å²) in [5, 5.41) is 17.7. The first-order valence-electron chi connectivity index (χ1n) is 14.2. The van der Waals surface area contributed by atoms with Gasteiger partial charge in [-0.2, -0.15) is 0 Å². The van der Waals surface area contributed by atoms with Crippen molar-refractivity contribution in [3.05, 3.63) is 84.1 Å². The van der Waals surface area contributed by atoms with Gasteiger partial charge in [0.1, 0.15) is 23.7 Å². The van der Waals surface area contributed by atoms with E-state index in [1.165, 1.54) is 4.90 Å². The van der Waals surface area contributed by atoms with Gasteiger partial charge in [-0.1, -0.05) is 60.7 Å². The molecule has 5 rings (SSSR count). The number of nitrogens with zero attached hydrogens (tertiary/aromatic N) is 1. The molecule has 0 unspecified atom stereocenters. The number of piperidine rings is 1. The highest BCUT2D eigenvalue weighted by molar-refractivity contribution is 7.99. The Hall–Kier alpha value is -4.35. The minimum Gasteiger partial charge on any atom is -0.451 e. The molecule has 43 heavy (non-hydrogen) atoms. The fraction of sp³-hybridized carbons (Fsp3) is 0.312. The third kappa shape index (κ3) is 7.18. The zero-order chi connectivity index (χ0) is 30.3. The van der Waals surface area contributed by atoms with Crippen LogP contribution in [0.5, 0.6) is 0 Å². The van der Waals surface area contributed by atoms with Crippen LogP contribution in [-0.4, -0.2) is 70.0 Å². The van der Waals surface area contributed by atoms with E-state index in [0.29, 0.717) is 25.0 Å². The molecule has 4 aromatic rings. The molecule has 1 aliphatic rings. The summed E-state index contributed by atoms with van der Waals surface area (Å²) < 4.78 is 5.66. The molecule has 11 heteroatoms. The van der Waals surface area contributed by atoms with E-state index in [-0.39, 0.29) is 23.9 Å². The standard InChI is InChI=1S/C32H34N4O6S/c33-29(38)24(16-20-12-13-21-7-1-2-8-22(21)15-20)34-30(39)26-10-5-6-14-36(26)32(41)25(18-43-19-37)35-31(40)28-17-23-9-3-4-11-27(23)42-28/h1-4,7-9,11-13,15,17,24-26,37H,5-6,10,14,16,18-19H2,(H2,33,38)(H,34,39)(H,35,40)/t24-,25-,26-/m0/s1. The molecular formula is C32H34N4O6S. The fourth-order valence-corrected chi connectivity index (χ4v) is 6.00. The number of fused-ring (bicyclic) bond motifs is 2. The Kier molecular flexibility index (Phi) is 9.63. The lowest BCUT2D eigenvalue weighted by molar-refractivity contribution is -0.144. The second kappa shape index (κ2) is 13.7. The molecule has 1 aliphatic heterocycles. The van der Waals surface area contributed by atoms with Gasteiger partial charge in [0.05, 0.1) is 5.94 Å². The average molecular weight is 603 g/mol. The van der Waals surface area contributed by atoms with Crippen LogP contribution in [0.25, 0.3) is 21.7 Å².